The molecule has 11 heteroatoms. The van der Waals surface area contributed by atoms with E-state index < -0.39 is 24.0 Å². The lowest BCUT2D eigenvalue weighted by molar-refractivity contribution is -0.180. The van der Waals surface area contributed by atoms with Crippen molar-refractivity contribution in [2.45, 2.75) is 328 Å². The van der Waals surface area contributed by atoms with Crippen LogP contribution in [-0.2, 0) is 42.9 Å². The van der Waals surface area contributed by atoms with Crippen LogP contribution in [0.15, 0.2) is 0 Å². The van der Waals surface area contributed by atoms with Crippen LogP contribution >= 0.6 is 0 Å². The second-order valence-electron chi connectivity index (χ2n) is 21.5. The Kier molecular flexibility index (Phi) is 47.2. The quantitative estimate of drug-likeness (QED) is 0.0271. The molecule has 1 aliphatic rings. The average Bonchev–Trinajstić information content (AvgIpc) is 3.38. The second kappa shape index (κ2) is 50.5. The topological polar surface area (TPSA) is 138 Å². The summed E-state index contributed by atoms with van der Waals surface area (Å²) in [5, 5.41) is 3.37. The molecule has 2 atom stereocenters. The Balaban J connectivity index is 2.48. The van der Waals surface area contributed by atoms with Crippen molar-refractivity contribution in [3.63, 3.8) is 0 Å². The molecule has 0 spiro atoms. The maximum Gasteiger partial charge on any atom is 0.359 e. The molecule has 0 aliphatic carbocycles. The monoisotopic (exact) mass is 1020 g/mol. The zero-order valence-corrected chi connectivity index (χ0v) is 47.5. The molecule has 11 nitrogen and oxygen atoms in total. The van der Waals surface area contributed by atoms with E-state index in [0.717, 1.165) is 116 Å². The Morgan fingerprint density at radius 3 is 1.24 bits per heavy atom. The third-order valence-electron chi connectivity index (χ3n) is 14.6. The summed E-state index contributed by atoms with van der Waals surface area (Å²) in [5.41, 5.74) is 0. The summed E-state index contributed by atoms with van der Waals surface area (Å²) in [6, 6.07) is 0.275. The first-order chi connectivity index (χ1) is 35.2. The average molecular weight is 1020 g/mol. The fourth-order valence-electron chi connectivity index (χ4n) is 9.87. The first kappa shape index (κ1) is 67.3. The highest BCUT2D eigenvalue weighted by Gasteiger charge is 2.34. The van der Waals surface area contributed by atoms with Crippen molar-refractivity contribution in [1.29, 1.82) is 0 Å². The molecular formula is C61H114N2O9. The summed E-state index contributed by atoms with van der Waals surface area (Å²) in [6.45, 7) is 11.6. The predicted octanol–water partition coefficient (Wildman–Crippen LogP) is 15.9. The molecule has 0 aromatic carbocycles. The van der Waals surface area contributed by atoms with Crippen LogP contribution in [0.2, 0.25) is 0 Å². The summed E-state index contributed by atoms with van der Waals surface area (Å²) in [5.74, 6) is -2.35. The molecule has 0 saturated carbocycles. The number of piperidine rings is 1. The first-order valence-electron chi connectivity index (χ1n) is 31.0. The molecule has 1 saturated heterocycles. The highest BCUT2D eigenvalue weighted by Crippen LogP contribution is 2.20. The highest BCUT2D eigenvalue weighted by molar-refractivity contribution is 5.99. The fourth-order valence-corrected chi connectivity index (χ4v) is 9.87. The van der Waals surface area contributed by atoms with Gasteiger partial charge in [-0.2, -0.15) is 0 Å². The van der Waals surface area contributed by atoms with Gasteiger partial charge in [-0.1, -0.05) is 214 Å². The Morgan fingerprint density at radius 1 is 0.403 bits per heavy atom. The number of ether oxygens (including phenoxy) is 4. The number of likely N-dealkylation sites (tertiary alicyclic amines) is 1. The first-order valence-corrected chi connectivity index (χ1v) is 31.0. The highest BCUT2D eigenvalue weighted by atomic mass is 16.6. The van der Waals surface area contributed by atoms with Gasteiger partial charge in [-0.3, -0.25) is 14.4 Å². The molecule has 1 aliphatic heterocycles. The van der Waals surface area contributed by atoms with Crippen molar-refractivity contribution in [1.82, 2.24) is 10.2 Å². The Morgan fingerprint density at radius 2 is 0.778 bits per heavy atom. The number of carbonyl (C=O) groups excluding carboxylic acids is 5. The summed E-state index contributed by atoms with van der Waals surface area (Å²) in [4.78, 5) is 67.3. The molecule has 422 valence electrons. The van der Waals surface area contributed by atoms with E-state index in [1.54, 1.807) is 0 Å². The van der Waals surface area contributed by atoms with Gasteiger partial charge < -0.3 is 29.2 Å². The molecular weight excluding hydrogens is 905 g/mol. The number of nitrogens with zero attached hydrogens (tertiary/aromatic N) is 1. The summed E-state index contributed by atoms with van der Waals surface area (Å²) in [6.07, 6.45) is 44.7. The zero-order valence-electron chi connectivity index (χ0n) is 47.5. The SMILES string of the molecule is CCCCCCCCCC(CCCCCCC)NC(=O)CCCCCCCOC(=O)C(OC(=O)CCN1CCCCC1)C(=O)OCCCCCCCC(=O)OC(CCCCCCCC)CCCCCCCC. The molecule has 1 rings (SSSR count). The van der Waals surface area contributed by atoms with Crippen LogP contribution in [-0.4, -0.2) is 85.8 Å². The van der Waals surface area contributed by atoms with Gasteiger partial charge in [-0.25, -0.2) is 9.59 Å². The van der Waals surface area contributed by atoms with Gasteiger partial charge in [0.2, 0.25) is 5.91 Å². The number of carbonyl (C=O) groups is 5. The number of nitrogens with one attached hydrogen (secondary N) is 1. The van der Waals surface area contributed by atoms with Crippen molar-refractivity contribution >= 4 is 29.8 Å². The maximum absolute atomic E-state index is 13.2. The van der Waals surface area contributed by atoms with Crippen LogP contribution in [0.5, 0.6) is 0 Å². The van der Waals surface area contributed by atoms with Gasteiger partial charge >= 0.3 is 23.9 Å². The van der Waals surface area contributed by atoms with Crippen molar-refractivity contribution in [2.75, 3.05) is 32.8 Å². The van der Waals surface area contributed by atoms with E-state index >= 15 is 0 Å². The number of unbranched alkanes of at least 4 members (excludes halogenated alkanes) is 28. The maximum atomic E-state index is 13.2. The summed E-state index contributed by atoms with van der Waals surface area (Å²) in [7, 11) is 0. The molecule has 2 unspecified atom stereocenters. The zero-order chi connectivity index (χ0) is 52.4. The minimum atomic E-state index is -1.75. The lowest BCUT2D eigenvalue weighted by Gasteiger charge is -2.26. The number of amides is 1. The van der Waals surface area contributed by atoms with E-state index in [1.807, 2.05) is 0 Å². The predicted molar refractivity (Wildman–Crippen MR) is 296 cm³/mol. The second-order valence-corrected chi connectivity index (χ2v) is 21.5. The lowest BCUT2D eigenvalue weighted by Crippen LogP contribution is -2.39. The number of esters is 4. The molecule has 1 amide bonds. The van der Waals surface area contributed by atoms with Crippen molar-refractivity contribution in [3.05, 3.63) is 0 Å². The molecule has 72 heavy (non-hydrogen) atoms. The van der Waals surface area contributed by atoms with E-state index in [4.69, 9.17) is 18.9 Å². The van der Waals surface area contributed by atoms with Crippen molar-refractivity contribution < 1.29 is 42.9 Å². The molecule has 0 radical (unpaired) electrons. The van der Waals surface area contributed by atoms with Crippen molar-refractivity contribution in [2.24, 2.45) is 0 Å². The normalized spacial score (nSPS) is 13.7. The minimum absolute atomic E-state index is 0.0265. The molecule has 1 fully saturated rings. The van der Waals surface area contributed by atoms with Gasteiger partial charge in [0.05, 0.1) is 19.6 Å². The molecule has 0 aromatic heterocycles. The number of rotatable bonds is 52. The van der Waals surface area contributed by atoms with Crippen LogP contribution in [0.4, 0.5) is 0 Å². The van der Waals surface area contributed by atoms with Gasteiger partial charge in [0.15, 0.2) is 0 Å². The number of hydrogen-bond acceptors (Lipinski definition) is 10. The fraction of sp³-hybridized carbons (Fsp3) is 0.918. The standard InChI is InChI=1S/C61H114N2O9/c1-5-9-13-17-20-24-33-43-54(42-32-23-16-12-8-4)62-56(64)46-36-27-21-29-40-52-69-60(67)59(72-58(66)48-51-63-49-38-31-39-50-63)61(68)70-53-41-30-22-28-37-47-57(65)71-55(44-34-25-18-14-10-6-2)45-35-26-19-15-11-7-3/h54-55,59H,5-53H2,1-4H3,(H,62,64). The van der Waals surface area contributed by atoms with Crippen LogP contribution < -0.4 is 5.32 Å². The van der Waals surface area contributed by atoms with Gasteiger partial charge in [0.25, 0.3) is 6.10 Å². The van der Waals surface area contributed by atoms with E-state index in [9.17, 15) is 24.0 Å². The van der Waals surface area contributed by atoms with E-state index in [1.165, 1.54) is 148 Å². The van der Waals surface area contributed by atoms with E-state index in [-0.39, 0.29) is 43.7 Å². The van der Waals surface area contributed by atoms with Crippen LogP contribution in [0.3, 0.4) is 0 Å². The van der Waals surface area contributed by atoms with Gasteiger partial charge in [-0.15, -0.1) is 0 Å². The molecule has 1 heterocycles. The summed E-state index contributed by atoms with van der Waals surface area (Å²) < 4.78 is 22.4. The Bertz CT molecular complexity index is 1270. The smallest absolute Gasteiger partial charge is 0.359 e. The molecule has 0 bridgehead atoms. The Hall–Kier alpha value is -2.69. The van der Waals surface area contributed by atoms with Gasteiger partial charge in [-0.05, 0) is 90.1 Å². The van der Waals surface area contributed by atoms with Gasteiger partial charge in [0.1, 0.15) is 6.10 Å². The molecule has 0 aromatic rings. The van der Waals surface area contributed by atoms with Crippen LogP contribution in [0.25, 0.3) is 0 Å². The number of hydrogen-bond donors (Lipinski definition) is 1. The van der Waals surface area contributed by atoms with Crippen LogP contribution in [0, 0.1) is 0 Å². The van der Waals surface area contributed by atoms with Crippen LogP contribution in [0.1, 0.15) is 310 Å². The van der Waals surface area contributed by atoms with E-state index in [2.05, 4.69) is 37.9 Å². The minimum Gasteiger partial charge on any atom is -0.462 e. The third kappa shape index (κ3) is 41.6. The van der Waals surface area contributed by atoms with E-state index in [0.29, 0.717) is 32.2 Å². The van der Waals surface area contributed by atoms with Crippen molar-refractivity contribution in [3.8, 4) is 0 Å². The largest absolute Gasteiger partial charge is 0.462 e. The molecule has 1 N–H and O–H groups in total. The Labute approximate surface area is 442 Å². The summed E-state index contributed by atoms with van der Waals surface area (Å²) >= 11 is 0. The van der Waals surface area contributed by atoms with Gasteiger partial charge in [0, 0.05) is 25.4 Å². The lowest BCUT2D eigenvalue weighted by atomic mass is 9.99. The third-order valence-corrected chi connectivity index (χ3v) is 14.6.